The van der Waals surface area contributed by atoms with E-state index in [1.165, 1.54) is 19.3 Å². The number of unbranched alkanes of at least 4 members (excludes halogenated alkanes) is 2. The molecule has 0 radical (unpaired) electrons. The van der Waals surface area contributed by atoms with Crippen molar-refractivity contribution < 1.29 is 4.79 Å². The number of carbonyl (C=O) groups is 1. The number of nitrogens with one attached hydrogen (secondary N) is 1. The van der Waals surface area contributed by atoms with Gasteiger partial charge in [-0.1, -0.05) is 40.0 Å². The van der Waals surface area contributed by atoms with Crippen LogP contribution in [0.2, 0.25) is 0 Å². The van der Waals surface area contributed by atoms with Gasteiger partial charge in [0.1, 0.15) is 0 Å². The van der Waals surface area contributed by atoms with Crippen LogP contribution in [0.3, 0.4) is 0 Å². The Morgan fingerprint density at radius 3 is 2.46 bits per heavy atom. The average molecular weight is 185 g/mol. The average Bonchev–Trinajstić information content (AvgIpc) is 2.10. The quantitative estimate of drug-likeness (QED) is 0.607. The van der Waals surface area contributed by atoms with Crippen molar-refractivity contribution in [3.8, 4) is 0 Å². The summed E-state index contributed by atoms with van der Waals surface area (Å²) in [6, 6.07) is 0. The first-order chi connectivity index (χ1) is 6.16. The van der Waals surface area contributed by atoms with E-state index in [1.807, 2.05) is 6.92 Å². The Kier molecular flexibility index (Phi) is 7.76. The van der Waals surface area contributed by atoms with Gasteiger partial charge in [-0.3, -0.25) is 4.79 Å². The van der Waals surface area contributed by atoms with Crippen molar-refractivity contribution in [1.82, 2.24) is 5.32 Å². The molecule has 0 fully saturated rings. The van der Waals surface area contributed by atoms with Crippen LogP contribution in [-0.4, -0.2) is 12.5 Å². The number of rotatable bonds is 7. The minimum absolute atomic E-state index is 0.170. The molecule has 0 atom stereocenters. The highest BCUT2D eigenvalue weighted by atomic mass is 16.1. The van der Waals surface area contributed by atoms with E-state index < -0.39 is 0 Å². The second-order valence-electron chi connectivity index (χ2n) is 3.95. The Morgan fingerprint density at radius 1 is 1.23 bits per heavy atom. The Labute approximate surface area is 82.1 Å². The van der Waals surface area contributed by atoms with Gasteiger partial charge in [0.25, 0.3) is 0 Å². The van der Waals surface area contributed by atoms with Gasteiger partial charge in [0.2, 0.25) is 5.91 Å². The van der Waals surface area contributed by atoms with Crippen LogP contribution in [0.4, 0.5) is 0 Å². The zero-order chi connectivity index (χ0) is 10.1. The molecule has 78 valence electrons. The molecule has 1 amide bonds. The summed E-state index contributed by atoms with van der Waals surface area (Å²) in [5, 5.41) is 2.88. The fourth-order valence-corrected chi connectivity index (χ4v) is 1.21. The van der Waals surface area contributed by atoms with Crippen molar-refractivity contribution in [3.63, 3.8) is 0 Å². The van der Waals surface area contributed by atoms with E-state index in [0.717, 1.165) is 18.9 Å². The summed E-state index contributed by atoms with van der Waals surface area (Å²) < 4.78 is 0. The van der Waals surface area contributed by atoms with Crippen LogP contribution >= 0.6 is 0 Å². The normalized spacial score (nSPS) is 10.5. The van der Waals surface area contributed by atoms with Gasteiger partial charge in [0.05, 0.1) is 0 Å². The van der Waals surface area contributed by atoms with E-state index in [0.29, 0.717) is 6.42 Å². The Balaban J connectivity index is 3.04. The molecule has 2 nitrogen and oxygen atoms in total. The van der Waals surface area contributed by atoms with E-state index in [9.17, 15) is 4.79 Å². The Morgan fingerprint density at radius 2 is 1.92 bits per heavy atom. The minimum atomic E-state index is 0.170. The molecule has 0 rings (SSSR count). The molecule has 0 aromatic rings. The van der Waals surface area contributed by atoms with Gasteiger partial charge >= 0.3 is 0 Å². The number of hydrogen-bond acceptors (Lipinski definition) is 1. The third-order valence-electron chi connectivity index (χ3n) is 2.10. The summed E-state index contributed by atoms with van der Waals surface area (Å²) in [4.78, 5) is 10.8. The van der Waals surface area contributed by atoms with E-state index >= 15 is 0 Å². The lowest BCUT2D eigenvalue weighted by atomic mass is 10.1. The summed E-state index contributed by atoms with van der Waals surface area (Å²) >= 11 is 0. The molecule has 2 heteroatoms. The van der Waals surface area contributed by atoms with Crippen molar-refractivity contribution in [2.75, 3.05) is 6.54 Å². The summed E-state index contributed by atoms with van der Waals surface area (Å²) in [6.45, 7) is 7.23. The van der Waals surface area contributed by atoms with Gasteiger partial charge in [0.15, 0.2) is 0 Å². The zero-order valence-electron chi connectivity index (χ0n) is 9.23. The molecule has 0 aliphatic heterocycles. The molecule has 1 N–H and O–H groups in total. The Bertz CT molecular complexity index is 132. The highest BCUT2D eigenvalue weighted by Gasteiger charge is 1.96. The lowest BCUT2D eigenvalue weighted by Crippen LogP contribution is -2.23. The van der Waals surface area contributed by atoms with Crippen molar-refractivity contribution in [2.24, 2.45) is 5.92 Å². The van der Waals surface area contributed by atoms with Crippen LogP contribution in [0.5, 0.6) is 0 Å². The first-order valence-electron chi connectivity index (χ1n) is 5.43. The smallest absolute Gasteiger partial charge is 0.219 e. The zero-order valence-corrected chi connectivity index (χ0v) is 9.23. The predicted molar refractivity (Wildman–Crippen MR) is 56.6 cm³/mol. The third-order valence-corrected chi connectivity index (χ3v) is 2.10. The van der Waals surface area contributed by atoms with Crippen LogP contribution < -0.4 is 5.32 Å². The van der Waals surface area contributed by atoms with Crippen LogP contribution in [-0.2, 0) is 4.79 Å². The maximum atomic E-state index is 10.8. The fourth-order valence-electron chi connectivity index (χ4n) is 1.21. The molecule has 0 heterocycles. The SMILES string of the molecule is CCC(=O)NCCCCCC(C)C. The first-order valence-corrected chi connectivity index (χ1v) is 5.43. The molecule has 13 heavy (non-hydrogen) atoms. The van der Waals surface area contributed by atoms with Crippen LogP contribution in [0, 0.1) is 5.92 Å². The molecule has 0 aromatic heterocycles. The maximum absolute atomic E-state index is 10.8. The molecule has 0 unspecified atom stereocenters. The van der Waals surface area contributed by atoms with Crippen molar-refractivity contribution in [3.05, 3.63) is 0 Å². The van der Waals surface area contributed by atoms with E-state index in [-0.39, 0.29) is 5.91 Å². The molecule has 0 aliphatic carbocycles. The van der Waals surface area contributed by atoms with E-state index in [4.69, 9.17) is 0 Å². The van der Waals surface area contributed by atoms with Crippen molar-refractivity contribution >= 4 is 5.91 Å². The van der Waals surface area contributed by atoms with Crippen molar-refractivity contribution in [2.45, 2.75) is 52.9 Å². The maximum Gasteiger partial charge on any atom is 0.219 e. The van der Waals surface area contributed by atoms with Crippen LogP contribution in [0.15, 0.2) is 0 Å². The second kappa shape index (κ2) is 8.09. The largest absolute Gasteiger partial charge is 0.356 e. The second-order valence-corrected chi connectivity index (χ2v) is 3.95. The lowest BCUT2D eigenvalue weighted by molar-refractivity contribution is -0.120. The first kappa shape index (κ1) is 12.5. The number of hydrogen-bond donors (Lipinski definition) is 1. The summed E-state index contributed by atoms with van der Waals surface area (Å²) in [7, 11) is 0. The molecule has 0 saturated heterocycles. The summed E-state index contributed by atoms with van der Waals surface area (Å²) in [5.41, 5.74) is 0. The monoisotopic (exact) mass is 185 g/mol. The number of amides is 1. The molecule has 0 aliphatic rings. The number of carbonyl (C=O) groups excluding carboxylic acids is 1. The van der Waals surface area contributed by atoms with E-state index in [2.05, 4.69) is 19.2 Å². The molecular weight excluding hydrogens is 162 g/mol. The standard InChI is InChI=1S/C11H23NO/c1-4-11(13)12-9-7-5-6-8-10(2)3/h10H,4-9H2,1-3H3,(H,12,13). The summed E-state index contributed by atoms with van der Waals surface area (Å²) in [6.07, 6.45) is 5.56. The van der Waals surface area contributed by atoms with Gasteiger partial charge in [0, 0.05) is 13.0 Å². The molecular formula is C11H23NO. The van der Waals surface area contributed by atoms with Gasteiger partial charge in [-0.2, -0.15) is 0 Å². The highest BCUT2D eigenvalue weighted by Crippen LogP contribution is 2.07. The highest BCUT2D eigenvalue weighted by molar-refractivity contribution is 5.75. The summed E-state index contributed by atoms with van der Waals surface area (Å²) in [5.74, 6) is 0.981. The van der Waals surface area contributed by atoms with Gasteiger partial charge in [-0.25, -0.2) is 0 Å². The van der Waals surface area contributed by atoms with Crippen LogP contribution in [0.1, 0.15) is 52.9 Å². The van der Waals surface area contributed by atoms with Crippen LogP contribution in [0.25, 0.3) is 0 Å². The molecule has 0 aromatic carbocycles. The van der Waals surface area contributed by atoms with Crippen molar-refractivity contribution in [1.29, 1.82) is 0 Å². The molecule has 0 bridgehead atoms. The van der Waals surface area contributed by atoms with Gasteiger partial charge in [-0.05, 0) is 12.3 Å². The minimum Gasteiger partial charge on any atom is -0.356 e. The molecule has 0 spiro atoms. The Hall–Kier alpha value is -0.530. The lowest BCUT2D eigenvalue weighted by Gasteiger charge is -2.05. The topological polar surface area (TPSA) is 29.1 Å². The van der Waals surface area contributed by atoms with Gasteiger partial charge < -0.3 is 5.32 Å². The predicted octanol–water partition coefficient (Wildman–Crippen LogP) is 2.73. The third kappa shape index (κ3) is 9.38. The fraction of sp³-hybridized carbons (Fsp3) is 0.909. The molecule has 0 saturated carbocycles. The van der Waals surface area contributed by atoms with Gasteiger partial charge in [-0.15, -0.1) is 0 Å². The van der Waals surface area contributed by atoms with E-state index in [1.54, 1.807) is 0 Å².